The van der Waals surface area contributed by atoms with Gasteiger partial charge in [-0.05, 0) is 38.8 Å². The summed E-state index contributed by atoms with van der Waals surface area (Å²) >= 11 is 1.43. The zero-order valence-corrected chi connectivity index (χ0v) is 16.8. The van der Waals surface area contributed by atoms with E-state index in [0.29, 0.717) is 17.8 Å². The van der Waals surface area contributed by atoms with Crippen LogP contribution in [0.1, 0.15) is 51.5 Å². The van der Waals surface area contributed by atoms with Gasteiger partial charge in [-0.25, -0.2) is 4.98 Å². The molecule has 0 aliphatic carbocycles. The van der Waals surface area contributed by atoms with Gasteiger partial charge in [-0.2, -0.15) is 0 Å². The number of ketones is 2. The van der Waals surface area contributed by atoms with E-state index in [2.05, 4.69) is 22.1 Å². The number of H-pyrrole nitrogens is 1. The predicted octanol–water partition coefficient (Wildman–Crippen LogP) is 4.44. The Morgan fingerprint density at radius 1 is 1.22 bits per heavy atom. The fourth-order valence-corrected chi connectivity index (χ4v) is 4.18. The van der Waals surface area contributed by atoms with Crippen LogP contribution < -0.4 is 0 Å². The minimum absolute atomic E-state index is 0.0256. The Balaban J connectivity index is 1.78. The number of hydrogen-bond donors (Lipinski definition) is 1. The Hall–Kier alpha value is -2.60. The quantitative estimate of drug-likeness (QED) is 0.485. The summed E-state index contributed by atoms with van der Waals surface area (Å²) in [5.41, 5.74) is 3.77. The average Bonchev–Trinajstić information content (AvgIpc) is 3.18. The van der Waals surface area contributed by atoms with E-state index in [9.17, 15) is 9.59 Å². The lowest BCUT2D eigenvalue weighted by molar-refractivity contribution is 0.0988. The van der Waals surface area contributed by atoms with Gasteiger partial charge in [0, 0.05) is 30.2 Å². The van der Waals surface area contributed by atoms with Crippen molar-refractivity contribution in [2.75, 3.05) is 0 Å². The van der Waals surface area contributed by atoms with Gasteiger partial charge in [-0.15, -0.1) is 0 Å². The summed E-state index contributed by atoms with van der Waals surface area (Å²) in [7, 11) is 0. The number of aromatic amines is 1. The second-order valence-electron chi connectivity index (χ2n) is 6.63. The van der Waals surface area contributed by atoms with Crippen molar-refractivity contribution in [2.45, 2.75) is 44.6 Å². The van der Waals surface area contributed by atoms with Gasteiger partial charge in [-0.3, -0.25) is 9.59 Å². The highest BCUT2D eigenvalue weighted by molar-refractivity contribution is 8.00. The second kappa shape index (κ2) is 7.96. The van der Waals surface area contributed by atoms with Crippen molar-refractivity contribution >= 4 is 23.3 Å². The Morgan fingerprint density at radius 3 is 2.56 bits per heavy atom. The number of aryl methyl sites for hydroxylation is 1. The molecule has 1 atom stereocenters. The van der Waals surface area contributed by atoms with Gasteiger partial charge in [0.05, 0.1) is 10.9 Å². The first-order valence-electron chi connectivity index (χ1n) is 8.84. The molecule has 0 bridgehead atoms. The number of hydrogen-bond acceptors (Lipinski definition) is 4. The van der Waals surface area contributed by atoms with Crippen LogP contribution in [-0.2, 0) is 6.54 Å². The molecule has 0 aliphatic rings. The van der Waals surface area contributed by atoms with Crippen LogP contribution >= 0.6 is 11.8 Å². The molecule has 2 heterocycles. The molecule has 2 aromatic heterocycles. The summed E-state index contributed by atoms with van der Waals surface area (Å²) in [6.45, 7) is 7.75. The molecule has 0 saturated carbocycles. The maximum atomic E-state index is 12.9. The lowest BCUT2D eigenvalue weighted by atomic mass is 10.0. The molecular formula is C21H23N3O2S. The lowest BCUT2D eigenvalue weighted by Gasteiger charge is -2.12. The molecule has 140 valence electrons. The van der Waals surface area contributed by atoms with Gasteiger partial charge in [0.15, 0.2) is 16.7 Å². The SMILES string of the molecule is CC(=O)c1c(C)[nH]c(C(=O)[C@H](C)Sc2nccn2Cc2ccccc2)c1C. The second-order valence-corrected chi connectivity index (χ2v) is 7.94. The Kier molecular flexibility index (Phi) is 5.65. The molecule has 0 unspecified atom stereocenters. The van der Waals surface area contributed by atoms with Crippen molar-refractivity contribution in [1.82, 2.24) is 14.5 Å². The van der Waals surface area contributed by atoms with Gasteiger partial charge in [0.2, 0.25) is 0 Å². The van der Waals surface area contributed by atoms with Crippen LogP contribution in [0, 0.1) is 13.8 Å². The summed E-state index contributed by atoms with van der Waals surface area (Å²) in [6.07, 6.45) is 3.67. The lowest BCUT2D eigenvalue weighted by Crippen LogP contribution is -2.16. The molecule has 0 spiro atoms. The molecule has 0 amide bonds. The van der Waals surface area contributed by atoms with E-state index in [1.165, 1.54) is 24.2 Å². The first-order chi connectivity index (χ1) is 12.9. The topological polar surface area (TPSA) is 67.8 Å². The molecule has 27 heavy (non-hydrogen) atoms. The van der Waals surface area contributed by atoms with Crippen molar-refractivity contribution in [3.63, 3.8) is 0 Å². The highest BCUT2D eigenvalue weighted by Crippen LogP contribution is 2.27. The number of nitrogens with one attached hydrogen (secondary N) is 1. The van der Waals surface area contributed by atoms with Gasteiger partial charge >= 0.3 is 0 Å². The molecule has 1 aromatic carbocycles. The first kappa shape index (κ1) is 19.2. The molecule has 1 N–H and O–H groups in total. The van der Waals surface area contributed by atoms with E-state index in [0.717, 1.165) is 16.4 Å². The zero-order valence-electron chi connectivity index (χ0n) is 15.9. The van der Waals surface area contributed by atoms with E-state index >= 15 is 0 Å². The van der Waals surface area contributed by atoms with Crippen LogP contribution in [0.25, 0.3) is 0 Å². The number of thioether (sulfide) groups is 1. The highest BCUT2D eigenvalue weighted by Gasteiger charge is 2.25. The molecule has 6 heteroatoms. The zero-order chi connectivity index (χ0) is 19.6. The Labute approximate surface area is 163 Å². The maximum absolute atomic E-state index is 12.9. The number of rotatable bonds is 7. The summed E-state index contributed by atoms with van der Waals surface area (Å²) < 4.78 is 2.04. The first-order valence-corrected chi connectivity index (χ1v) is 9.72. The molecule has 3 rings (SSSR count). The van der Waals surface area contributed by atoms with Crippen molar-refractivity contribution in [2.24, 2.45) is 0 Å². The third-order valence-corrected chi connectivity index (χ3v) is 5.68. The molecule has 3 aromatic rings. The number of benzene rings is 1. The predicted molar refractivity (Wildman–Crippen MR) is 108 cm³/mol. The molecule has 0 saturated heterocycles. The molecule has 0 radical (unpaired) electrons. The van der Waals surface area contributed by atoms with Crippen LogP contribution in [0.3, 0.4) is 0 Å². The number of carbonyl (C=O) groups is 2. The number of Topliss-reactive ketones (excluding diaryl/α,β-unsaturated/α-hetero) is 2. The number of nitrogens with zero attached hydrogens (tertiary/aromatic N) is 2. The van der Waals surface area contributed by atoms with Crippen molar-refractivity contribution in [3.8, 4) is 0 Å². The largest absolute Gasteiger partial charge is 0.355 e. The van der Waals surface area contributed by atoms with Crippen LogP contribution in [0.5, 0.6) is 0 Å². The smallest absolute Gasteiger partial charge is 0.192 e. The molecule has 0 aliphatic heterocycles. The number of aromatic nitrogens is 3. The maximum Gasteiger partial charge on any atom is 0.192 e. The van der Waals surface area contributed by atoms with Gasteiger partial charge in [0.25, 0.3) is 0 Å². The van der Waals surface area contributed by atoms with Gasteiger partial charge in [-0.1, -0.05) is 42.1 Å². The molecule has 5 nitrogen and oxygen atoms in total. The fraction of sp³-hybridized carbons (Fsp3) is 0.286. The van der Waals surface area contributed by atoms with E-state index in [4.69, 9.17) is 0 Å². The van der Waals surface area contributed by atoms with Crippen LogP contribution in [0.4, 0.5) is 0 Å². The summed E-state index contributed by atoms with van der Waals surface area (Å²) in [4.78, 5) is 32.3. The monoisotopic (exact) mass is 381 g/mol. The summed E-state index contributed by atoms with van der Waals surface area (Å²) in [5.74, 6) is -0.0543. The summed E-state index contributed by atoms with van der Waals surface area (Å²) in [5, 5.41) is 0.478. The van der Waals surface area contributed by atoms with Crippen LogP contribution in [0.2, 0.25) is 0 Å². The van der Waals surface area contributed by atoms with E-state index < -0.39 is 0 Å². The van der Waals surface area contributed by atoms with E-state index in [1.807, 2.05) is 49.7 Å². The van der Waals surface area contributed by atoms with Crippen molar-refractivity contribution in [3.05, 3.63) is 70.8 Å². The normalized spacial score (nSPS) is 12.1. The Morgan fingerprint density at radius 2 is 1.93 bits per heavy atom. The minimum atomic E-state index is -0.321. The van der Waals surface area contributed by atoms with E-state index in [-0.39, 0.29) is 16.8 Å². The van der Waals surface area contributed by atoms with Crippen molar-refractivity contribution < 1.29 is 9.59 Å². The Bertz CT molecular complexity index is 973. The van der Waals surface area contributed by atoms with Crippen molar-refractivity contribution in [1.29, 1.82) is 0 Å². The number of carbonyl (C=O) groups excluding carboxylic acids is 2. The number of imidazole rings is 1. The van der Waals surface area contributed by atoms with Gasteiger partial charge < -0.3 is 9.55 Å². The fourth-order valence-electron chi connectivity index (χ4n) is 3.25. The standard InChI is InChI=1S/C21H23N3O2S/c1-13-18(15(3)25)14(2)23-19(13)20(26)16(4)27-21-22-10-11-24(21)12-17-8-6-5-7-9-17/h5-11,16,23H,12H2,1-4H3/t16-/m0/s1. The minimum Gasteiger partial charge on any atom is -0.355 e. The molecule has 0 fully saturated rings. The average molecular weight is 382 g/mol. The van der Waals surface area contributed by atoms with Gasteiger partial charge in [0.1, 0.15) is 0 Å². The molecular weight excluding hydrogens is 358 g/mol. The third-order valence-electron chi connectivity index (χ3n) is 4.56. The van der Waals surface area contributed by atoms with Crippen LogP contribution in [0.15, 0.2) is 47.9 Å². The summed E-state index contributed by atoms with van der Waals surface area (Å²) in [6, 6.07) is 10.1. The van der Waals surface area contributed by atoms with Crippen LogP contribution in [-0.4, -0.2) is 31.4 Å². The van der Waals surface area contributed by atoms with E-state index in [1.54, 1.807) is 6.20 Å². The highest BCUT2D eigenvalue weighted by atomic mass is 32.2. The third kappa shape index (κ3) is 4.06.